The first kappa shape index (κ1) is 20.6. The van der Waals surface area contributed by atoms with Crippen LogP contribution in [0.3, 0.4) is 0 Å². The van der Waals surface area contributed by atoms with Crippen molar-refractivity contribution in [3.8, 4) is 0 Å². The van der Waals surface area contributed by atoms with Crippen molar-refractivity contribution in [2.75, 3.05) is 45.8 Å². The van der Waals surface area contributed by atoms with Gasteiger partial charge in [0, 0.05) is 45.3 Å². The van der Waals surface area contributed by atoms with Crippen molar-refractivity contribution < 1.29 is 14.0 Å². The van der Waals surface area contributed by atoms with E-state index in [1.54, 1.807) is 17.0 Å². The summed E-state index contributed by atoms with van der Waals surface area (Å²) in [4.78, 5) is 46.3. The predicted molar refractivity (Wildman–Crippen MR) is 118 cm³/mol. The molecule has 0 atom stereocenters. The lowest BCUT2D eigenvalue weighted by atomic mass is 10.0. The maximum absolute atomic E-state index is 12.8. The largest absolute Gasteiger partial charge is 0.459 e. The van der Waals surface area contributed by atoms with Crippen LogP contribution in [0.15, 0.2) is 51.9 Å². The first-order valence-corrected chi connectivity index (χ1v) is 11.1. The summed E-state index contributed by atoms with van der Waals surface area (Å²) in [5.74, 6) is 0.302. The van der Waals surface area contributed by atoms with Crippen LogP contribution in [0.2, 0.25) is 0 Å². The zero-order valence-corrected chi connectivity index (χ0v) is 17.9. The molecule has 1 aromatic carbocycles. The lowest BCUT2D eigenvalue weighted by Crippen LogP contribution is -2.53. The molecule has 2 fully saturated rings. The molecular weight excluding hydrogens is 410 g/mol. The lowest BCUT2D eigenvalue weighted by molar-refractivity contribution is -0.134. The second-order valence-electron chi connectivity index (χ2n) is 8.47. The summed E-state index contributed by atoms with van der Waals surface area (Å²) in [6.07, 6.45) is 3.16. The van der Waals surface area contributed by atoms with E-state index < -0.39 is 0 Å². The van der Waals surface area contributed by atoms with Crippen molar-refractivity contribution in [1.82, 2.24) is 24.3 Å². The van der Waals surface area contributed by atoms with Crippen LogP contribution in [-0.4, -0.2) is 81.9 Å². The number of para-hydroxylation sites is 2. The van der Waals surface area contributed by atoms with Gasteiger partial charge < -0.3 is 19.2 Å². The number of H-pyrrole nitrogens is 1. The molecule has 2 aliphatic rings. The molecule has 9 heteroatoms. The third kappa shape index (κ3) is 3.95. The molecule has 9 nitrogen and oxygen atoms in total. The second kappa shape index (κ2) is 8.66. The number of carbonyl (C=O) groups is 2. The van der Waals surface area contributed by atoms with Gasteiger partial charge >= 0.3 is 5.69 Å². The first-order valence-electron chi connectivity index (χ1n) is 11.1. The van der Waals surface area contributed by atoms with E-state index in [-0.39, 0.29) is 23.5 Å². The predicted octanol–water partition coefficient (Wildman–Crippen LogP) is 1.54. The molecule has 0 bridgehead atoms. The van der Waals surface area contributed by atoms with Crippen LogP contribution in [0.25, 0.3) is 11.0 Å². The van der Waals surface area contributed by atoms with E-state index in [9.17, 15) is 14.4 Å². The number of furan rings is 1. The van der Waals surface area contributed by atoms with E-state index in [0.717, 1.165) is 37.0 Å². The van der Waals surface area contributed by atoms with E-state index in [0.29, 0.717) is 38.5 Å². The minimum atomic E-state index is -0.128. The summed E-state index contributed by atoms with van der Waals surface area (Å²) in [7, 11) is 0. The third-order valence-electron chi connectivity index (χ3n) is 6.56. The van der Waals surface area contributed by atoms with Gasteiger partial charge in [0.2, 0.25) is 5.91 Å². The molecule has 0 radical (unpaired) electrons. The zero-order valence-electron chi connectivity index (χ0n) is 17.9. The number of nitrogens with one attached hydrogen (secondary N) is 1. The lowest BCUT2D eigenvalue weighted by Gasteiger charge is -2.37. The summed E-state index contributed by atoms with van der Waals surface area (Å²) < 4.78 is 7.05. The number of likely N-dealkylation sites (tertiary alicyclic amines) is 1. The molecule has 0 saturated carbocycles. The van der Waals surface area contributed by atoms with Crippen LogP contribution in [-0.2, 0) is 4.79 Å². The number of hydrogen-bond acceptors (Lipinski definition) is 5. The molecule has 0 unspecified atom stereocenters. The smallest absolute Gasteiger partial charge is 0.326 e. The summed E-state index contributed by atoms with van der Waals surface area (Å²) in [5.41, 5.74) is 1.73. The van der Waals surface area contributed by atoms with E-state index in [1.807, 2.05) is 33.7 Å². The van der Waals surface area contributed by atoms with Crippen molar-refractivity contribution in [2.45, 2.75) is 18.9 Å². The molecule has 0 spiro atoms. The highest BCUT2D eigenvalue weighted by Gasteiger charge is 2.29. The standard InChI is InChI=1S/C23H27N5O4/c29-21(26-11-13-27(14-12-26)22(30)20-6-3-15-32-20)16-25-9-7-17(8-10-25)28-19-5-2-1-4-18(19)24-23(28)31/h1-6,15,17H,7-14,16H2,(H,24,31). The molecule has 2 saturated heterocycles. The molecule has 2 aliphatic heterocycles. The number of nitrogens with zero attached hydrogens (tertiary/aromatic N) is 4. The molecule has 3 aromatic rings. The van der Waals surface area contributed by atoms with Crippen molar-refractivity contribution in [3.05, 3.63) is 58.9 Å². The molecule has 2 amide bonds. The Bertz CT molecular complexity index is 1150. The fourth-order valence-corrected chi connectivity index (χ4v) is 4.78. The van der Waals surface area contributed by atoms with Crippen LogP contribution in [0, 0.1) is 0 Å². The molecule has 32 heavy (non-hydrogen) atoms. The van der Waals surface area contributed by atoms with Gasteiger partial charge in [0.1, 0.15) is 0 Å². The normalized spacial score (nSPS) is 18.4. The van der Waals surface area contributed by atoms with Gasteiger partial charge in [0.05, 0.1) is 23.8 Å². The van der Waals surface area contributed by atoms with Crippen LogP contribution in [0.5, 0.6) is 0 Å². The number of benzene rings is 1. The van der Waals surface area contributed by atoms with Crippen molar-refractivity contribution >= 4 is 22.8 Å². The summed E-state index contributed by atoms with van der Waals surface area (Å²) in [6.45, 7) is 4.02. The first-order chi connectivity index (χ1) is 15.6. The average Bonchev–Trinajstić information content (AvgIpc) is 3.47. The monoisotopic (exact) mass is 437 g/mol. The Kier molecular flexibility index (Phi) is 5.57. The molecule has 2 aromatic heterocycles. The van der Waals surface area contributed by atoms with E-state index >= 15 is 0 Å². The SMILES string of the molecule is O=C(CN1CCC(n2c(=O)[nH]c3ccccc32)CC1)N1CCN(C(=O)c2ccco2)CC1. The quantitative estimate of drug-likeness (QED) is 0.668. The Balaban J connectivity index is 1.12. The topological polar surface area (TPSA) is 94.8 Å². The van der Waals surface area contributed by atoms with Crippen LogP contribution in [0.1, 0.15) is 29.4 Å². The Morgan fingerprint density at radius 1 is 0.938 bits per heavy atom. The Hall–Kier alpha value is -3.33. The molecule has 168 valence electrons. The van der Waals surface area contributed by atoms with Gasteiger partial charge in [0.15, 0.2) is 5.76 Å². The molecule has 5 rings (SSSR count). The van der Waals surface area contributed by atoms with Gasteiger partial charge in [0.25, 0.3) is 5.91 Å². The summed E-state index contributed by atoms with van der Waals surface area (Å²) in [6, 6.07) is 11.3. The number of hydrogen-bond donors (Lipinski definition) is 1. The highest BCUT2D eigenvalue weighted by Crippen LogP contribution is 2.24. The van der Waals surface area contributed by atoms with Crippen LogP contribution >= 0.6 is 0 Å². The van der Waals surface area contributed by atoms with Gasteiger partial charge in [-0.15, -0.1) is 0 Å². The number of imidazole rings is 1. The van der Waals surface area contributed by atoms with Gasteiger partial charge in [-0.1, -0.05) is 12.1 Å². The van der Waals surface area contributed by atoms with E-state index in [4.69, 9.17) is 4.42 Å². The molecular formula is C23H27N5O4. The minimum Gasteiger partial charge on any atom is -0.459 e. The van der Waals surface area contributed by atoms with Gasteiger partial charge in [-0.2, -0.15) is 0 Å². The third-order valence-corrected chi connectivity index (χ3v) is 6.56. The maximum atomic E-state index is 12.8. The number of rotatable bonds is 4. The second-order valence-corrected chi connectivity index (χ2v) is 8.47. The van der Waals surface area contributed by atoms with Crippen molar-refractivity contribution in [2.24, 2.45) is 0 Å². The maximum Gasteiger partial charge on any atom is 0.326 e. The van der Waals surface area contributed by atoms with Crippen LogP contribution < -0.4 is 5.69 Å². The summed E-state index contributed by atoms with van der Waals surface area (Å²) in [5, 5.41) is 0. The number of piperazine rings is 1. The van der Waals surface area contributed by atoms with Gasteiger partial charge in [-0.05, 0) is 37.1 Å². The number of aromatic nitrogens is 2. The van der Waals surface area contributed by atoms with Gasteiger partial charge in [-0.3, -0.25) is 19.1 Å². The highest BCUT2D eigenvalue weighted by molar-refractivity contribution is 5.91. The van der Waals surface area contributed by atoms with Gasteiger partial charge in [-0.25, -0.2) is 4.79 Å². The average molecular weight is 438 g/mol. The van der Waals surface area contributed by atoms with E-state index in [1.165, 1.54) is 6.26 Å². The number of amides is 2. The molecule has 0 aliphatic carbocycles. The number of carbonyl (C=O) groups excluding carboxylic acids is 2. The minimum absolute atomic E-state index is 0.0670. The fraction of sp³-hybridized carbons (Fsp3) is 0.435. The van der Waals surface area contributed by atoms with Crippen LogP contribution in [0.4, 0.5) is 0 Å². The number of piperidine rings is 1. The van der Waals surface area contributed by atoms with Crippen molar-refractivity contribution in [1.29, 1.82) is 0 Å². The fourth-order valence-electron chi connectivity index (χ4n) is 4.78. The Morgan fingerprint density at radius 3 is 2.38 bits per heavy atom. The summed E-state index contributed by atoms with van der Waals surface area (Å²) >= 11 is 0. The van der Waals surface area contributed by atoms with E-state index in [2.05, 4.69) is 9.88 Å². The number of aromatic amines is 1. The highest BCUT2D eigenvalue weighted by atomic mass is 16.3. The zero-order chi connectivity index (χ0) is 22.1. The Labute approximate surface area is 185 Å². The number of fused-ring (bicyclic) bond motifs is 1. The molecule has 1 N–H and O–H groups in total. The molecule has 4 heterocycles. The Morgan fingerprint density at radius 2 is 1.66 bits per heavy atom. The van der Waals surface area contributed by atoms with Crippen molar-refractivity contribution in [3.63, 3.8) is 0 Å².